The van der Waals surface area contributed by atoms with Crippen molar-refractivity contribution >= 4 is 23.5 Å². The van der Waals surface area contributed by atoms with Gasteiger partial charge in [-0.1, -0.05) is 0 Å². The second kappa shape index (κ2) is 8.77. The second-order valence-electron chi connectivity index (χ2n) is 5.53. The third-order valence-corrected chi connectivity index (χ3v) is 4.57. The number of hydrogen-bond donors (Lipinski definition) is 2. The Kier molecular flexibility index (Phi) is 6.71. The molecule has 1 aromatic carbocycles. The van der Waals surface area contributed by atoms with E-state index in [0.29, 0.717) is 29.4 Å². The lowest BCUT2D eigenvalue weighted by molar-refractivity contribution is -0.385. The molecule has 9 nitrogen and oxygen atoms in total. The van der Waals surface area contributed by atoms with Gasteiger partial charge in [0.15, 0.2) is 11.5 Å². The highest BCUT2D eigenvalue weighted by molar-refractivity contribution is 7.99. The molecule has 0 aromatic heterocycles. The van der Waals surface area contributed by atoms with Crippen LogP contribution in [-0.4, -0.2) is 42.8 Å². The first-order valence-corrected chi connectivity index (χ1v) is 8.79. The van der Waals surface area contributed by atoms with Crippen molar-refractivity contribution in [3.05, 3.63) is 27.8 Å². The first-order chi connectivity index (χ1) is 11.9. The van der Waals surface area contributed by atoms with Crippen molar-refractivity contribution in [2.75, 3.05) is 25.7 Å². The molecule has 0 fully saturated rings. The Bertz CT molecular complexity index is 640. The average Bonchev–Trinajstić information content (AvgIpc) is 3.02. The summed E-state index contributed by atoms with van der Waals surface area (Å²) in [5.41, 5.74) is 6.06. The van der Waals surface area contributed by atoms with E-state index in [1.807, 2.05) is 6.92 Å². The van der Waals surface area contributed by atoms with Gasteiger partial charge in [-0.25, -0.2) is 4.79 Å². The highest BCUT2D eigenvalue weighted by atomic mass is 32.2. The fourth-order valence-corrected chi connectivity index (χ4v) is 3.08. The number of hydrogen-bond acceptors (Lipinski definition) is 8. The third kappa shape index (κ3) is 5.40. The molecule has 25 heavy (non-hydrogen) atoms. The zero-order valence-electron chi connectivity index (χ0n) is 14.0. The summed E-state index contributed by atoms with van der Waals surface area (Å²) in [5, 5.41) is 13.6. The quantitative estimate of drug-likeness (QED) is 0.404. The molecular formula is C15H21N3O6S. The number of amides is 1. The van der Waals surface area contributed by atoms with Gasteiger partial charge in [-0.3, -0.25) is 10.1 Å². The van der Waals surface area contributed by atoms with Gasteiger partial charge in [-0.2, -0.15) is 11.8 Å². The van der Waals surface area contributed by atoms with Crippen molar-refractivity contribution < 1.29 is 23.9 Å². The van der Waals surface area contributed by atoms with Gasteiger partial charge in [-0.05, 0) is 19.9 Å². The van der Waals surface area contributed by atoms with Gasteiger partial charge in [0.25, 0.3) is 5.69 Å². The third-order valence-electron chi connectivity index (χ3n) is 3.41. The summed E-state index contributed by atoms with van der Waals surface area (Å²) in [5.74, 6) is 1.37. The Morgan fingerprint density at radius 1 is 1.44 bits per heavy atom. The Labute approximate surface area is 149 Å². The molecular weight excluding hydrogens is 350 g/mol. The lowest BCUT2D eigenvalue weighted by Gasteiger charge is -2.13. The van der Waals surface area contributed by atoms with Crippen molar-refractivity contribution in [1.29, 1.82) is 0 Å². The van der Waals surface area contributed by atoms with Crippen LogP contribution in [0.25, 0.3) is 0 Å². The number of nitro groups is 1. The van der Waals surface area contributed by atoms with Gasteiger partial charge >= 0.3 is 6.09 Å². The van der Waals surface area contributed by atoms with E-state index in [2.05, 4.69) is 5.32 Å². The van der Waals surface area contributed by atoms with Gasteiger partial charge < -0.3 is 25.3 Å². The number of nitro benzene ring substituents is 1. The number of alkyl carbamates (subject to hydrolysis) is 1. The fraction of sp³-hybridized carbons (Fsp3) is 0.533. The smallest absolute Gasteiger partial charge is 0.407 e. The number of carbonyl (C=O) groups excluding carboxylic acids is 1. The van der Waals surface area contributed by atoms with Crippen molar-refractivity contribution in [1.82, 2.24) is 5.32 Å². The van der Waals surface area contributed by atoms with Crippen molar-refractivity contribution in [2.45, 2.75) is 25.1 Å². The van der Waals surface area contributed by atoms with E-state index in [1.165, 1.54) is 17.8 Å². The summed E-state index contributed by atoms with van der Waals surface area (Å²) in [6.07, 6.45) is -0.528. The summed E-state index contributed by atoms with van der Waals surface area (Å²) in [6, 6.07) is 2.87. The first-order valence-electron chi connectivity index (χ1n) is 7.74. The van der Waals surface area contributed by atoms with Gasteiger partial charge in [0.1, 0.15) is 6.61 Å². The van der Waals surface area contributed by atoms with Crippen LogP contribution in [0.3, 0.4) is 0 Å². The van der Waals surface area contributed by atoms with Crippen LogP contribution >= 0.6 is 11.8 Å². The van der Waals surface area contributed by atoms with Crippen LogP contribution in [0.1, 0.15) is 24.7 Å². The summed E-state index contributed by atoms with van der Waals surface area (Å²) < 4.78 is 15.5. The zero-order chi connectivity index (χ0) is 18.4. The number of benzene rings is 1. The van der Waals surface area contributed by atoms with Crippen molar-refractivity contribution in [3.8, 4) is 11.5 Å². The van der Waals surface area contributed by atoms with Crippen molar-refractivity contribution in [3.63, 3.8) is 0 Å². The molecule has 1 aromatic rings. The predicted molar refractivity (Wildman–Crippen MR) is 93.1 cm³/mol. The van der Waals surface area contributed by atoms with E-state index >= 15 is 0 Å². The average molecular weight is 371 g/mol. The van der Waals surface area contributed by atoms with E-state index in [-0.39, 0.29) is 30.4 Å². The molecule has 0 saturated heterocycles. The molecule has 2 rings (SSSR count). The molecule has 0 bridgehead atoms. The maximum Gasteiger partial charge on any atom is 0.407 e. The number of nitrogens with two attached hydrogens (primary N) is 1. The minimum Gasteiger partial charge on any atom is -0.454 e. The summed E-state index contributed by atoms with van der Waals surface area (Å²) in [6.45, 7) is 4.22. The van der Waals surface area contributed by atoms with Crippen LogP contribution in [0.2, 0.25) is 0 Å². The lowest BCUT2D eigenvalue weighted by Crippen LogP contribution is -2.35. The molecule has 1 aliphatic heterocycles. The highest BCUT2D eigenvalue weighted by Gasteiger charge is 2.26. The van der Waals surface area contributed by atoms with Crippen molar-refractivity contribution in [2.24, 2.45) is 5.73 Å². The summed E-state index contributed by atoms with van der Waals surface area (Å²) in [7, 11) is 0. The standard InChI is InChI=1S/C15H21N3O6S/c1-9(16)7-17-15(19)22-3-4-25-10(2)11-5-13-14(24-8-23-13)6-12(11)18(20)21/h5-6,9-10H,3-4,7-8,16H2,1-2H3,(H,17,19)/t9-,10-/m0/s1. The molecule has 1 heterocycles. The second-order valence-corrected chi connectivity index (χ2v) is 6.98. The molecule has 1 amide bonds. The Morgan fingerprint density at radius 2 is 2.12 bits per heavy atom. The molecule has 2 atom stereocenters. The molecule has 0 radical (unpaired) electrons. The normalized spacial score (nSPS) is 14.7. The summed E-state index contributed by atoms with van der Waals surface area (Å²) in [4.78, 5) is 22.3. The van der Waals surface area contributed by atoms with Crippen LogP contribution < -0.4 is 20.5 Å². The monoisotopic (exact) mass is 371 g/mol. The predicted octanol–water partition coefficient (Wildman–Crippen LogP) is 2.19. The number of carbonyl (C=O) groups is 1. The van der Waals surface area contributed by atoms with Crippen LogP contribution in [0, 0.1) is 10.1 Å². The van der Waals surface area contributed by atoms with E-state index in [0.717, 1.165) is 0 Å². The molecule has 138 valence electrons. The Morgan fingerprint density at radius 3 is 2.76 bits per heavy atom. The first kappa shape index (κ1) is 19.1. The van der Waals surface area contributed by atoms with Crippen LogP contribution in [0.5, 0.6) is 11.5 Å². The minimum atomic E-state index is -0.528. The van der Waals surface area contributed by atoms with E-state index < -0.39 is 11.0 Å². The zero-order valence-corrected chi connectivity index (χ0v) is 14.8. The topological polar surface area (TPSA) is 126 Å². The molecule has 0 spiro atoms. The van der Waals surface area contributed by atoms with Gasteiger partial charge in [0.2, 0.25) is 6.79 Å². The number of nitrogens with one attached hydrogen (secondary N) is 1. The number of ether oxygens (including phenoxy) is 3. The number of thioether (sulfide) groups is 1. The SMILES string of the molecule is C[C@H](N)CNC(=O)OCCS[C@@H](C)c1cc2c(cc1[N+](=O)[O-])OCO2. The molecule has 1 aliphatic rings. The van der Waals surface area contributed by atoms with Crippen LogP contribution in [0.15, 0.2) is 12.1 Å². The fourth-order valence-electron chi connectivity index (χ4n) is 2.18. The van der Waals surface area contributed by atoms with Gasteiger partial charge in [0.05, 0.1) is 11.0 Å². The van der Waals surface area contributed by atoms with Gasteiger partial charge in [0, 0.05) is 29.2 Å². The molecule has 10 heteroatoms. The molecule has 3 N–H and O–H groups in total. The minimum absolute atomic E-state index is 0.0140. The Hall–Kier alpha value is -2.20. The number of nitrogens with zero attached hydrogens (tertiary/aromatic N) is 1. The van der Waals surface area contributed by atoms with E-state index in [9.17, 15) is 14.9 Å². The number of rotatable bonds is 8. The van der Waals surface area contributed by atoms with Crippen LogP contribution in [-0.2, 0) is 4.74 Å². The molecule has 0 saturated carbocycles. The lowest BCUT2D eigenvalue weighted by atomic mass is 10.1. The van der Waals surface area contributed by atoms with Gasteiger partial charge in [-0.15, -0.1) is 0 Å². The maximum absolute atomic E-state index is 11.4. The largest absolute Gasteiger partial charge is 0.454 e. The Balaban J connectivity index is 1.87. The van der Waals surface area contributed by atoms with Crippen LogP contribution in [0.4, 0.5) is 10.5 Å². The molecule has 0 unspecified atom stereocenters. The molecule has 0 aliphatic carbocycles. The summed E-state index contributed by atoms with van der Waals surface area (Å²) >= 11 is 1.44. The maximum atomic E-state index is 11.4. The number of fused-ring (bicyclic) bond motifs is 1. The highest BCUT2D eigenvalue weighted by Crippen LogP contribution is 2.43. The van der Waals surface area contributed by atoms with E-state index in [4.69, 9.17) is 19.9 Å². The van der Waals surface area contributed by atoms with E-state index in [1.54, 1.807) is 13.0 Å².